The van der Waals surface area contributed by atoms with E-state index in [1.807, 2.05) is 48.5 Å². The summed E-state index contributed by atoms with van der Waals surface area (Å²) in [5, 5.41) is 0. The van der Waals surface area contributed by atoms with E-state index in [0.29, 0.717) is 22.6 Å². The van der Waals surface area contributed by atoms with E-state index in [4.69, 9.17) is 18.9 Å². The van der Waals surface area contributed by atoms with E-state index in [2.05, 4.69) is 27.0 Å². The van der Waals surface area contributed by atoms with Gasteiger partial charge in [-0.3, -0.25) is 0 Å². The zero-order chi connectivity index (χ0) is 24.4. The Labute approximate surface area is 240 Å². The van der Waals surface area contributed by atoms with E-state index in [1.54, 1.807) is 13.8 Å². The average Bonchev–Trinajstić information content (AvgIpc) is 2.79. The van der Waals surface area contributed by atoms with Gasteiger partial charge < -0.3 is 18.9 Å². The number of ether oxygens (including phenoxy) is 4. The maximum Gasteiger partial charge on any atom is 0.333 e. The van der Waals surface area contributed by atoms with Crippen LogP contribution in [-0.4, -0.2) is 38.4 Å². The number of rotatable bonds is 12. The first-order valence-corrected chi connectivity index (χ1v) is 10.7. The van der Waals surface area contributed by atoms with E-state index >= 15 is 0 Å². The summed E-state index contributed by atoms with van der Waals surface area (Å²) in [4.78, 5) is 22.7. The zero-order valence-corrected chi connectivity index (χ0v) is 19.8. The molecule has 224 valence electrons. The molecular formula is C33H56O6. The van der Waals surface area contributed by atoms with Crippen LogP contribution in [0.25, 0.3) is 0 Å². The molecule has 0 heterocycles. The highest BCUT2D eigenvalue weighted by Crippen LogP contribution is 2.33. The molecule has 0 atom stereocenters. The molecule has 0 amide bonds. The molecule has 0 aliphatic heterocycles. The van der Waals surface area contributed by atoms with Crippen LogP contribution in [0.5, 0.6) is 11.5 Å². The third-order valence-electron chi connectivity index (χ3n) is 5.02. The number of benzene rings is 2. The molecule has 0 bridgehead atoms. The van der Waals surface area contributed by atoms with Gasteiger partial charge in [0.1, 0.15) is 37.9 Å². The molecule has 0 spiro atoms. The molecule has 6 heteroatoms. The maximum atomic E-state index is 11.4. The molecule has 0 fully saturated rings. The molecule has 2 aromatic carbocycles. The van der Waals surface area contributed by atoms with Gasteiger partial charge in [-0.15, -0.1) is 0 Å². The van der Waals surface area contributed by atoms with Crippen molar-refractivity contribution >= 4 is 11.9 Å². The summed E-state index contributed by atoms with van der Waals surface area (Å²) in [5.74, 6) is 0.575. The molecule has 0 aromatic heterocycles. The smallest absolute Gasteiger partial charge is 0.333 e. The predicted molar refractivity (Wildman–Crippen MR) is 168 cm³/mol. The van der Waals surface area contributed by atoms with Crippen molar-refractivity contribution in [2.45, 2.75) is 77.7 Å². The van der Waals surface area contributed by atoms with Gasteiger partial charge in [0.05, 0.1) is 0 Å². The number of carbonyl (C=O) groups excluding carboxylic acids is 2. The third kappa shape index (κ3) is 14.3. The highest BCUT2D eigenvalue weighted by Gasteiger charge is 2.23. The van der Waals surface area contributed by atoms with Crippen molar-refractivity contribution in [2.24, 2.45) is 0 Å². The highest BCUT2D eigenvalue weighted by atomic mass is 16.6. The fraction of sp³-hybridized carbons (Fsp3) is 0.455. The van der Waals surface area contributed by atoms with Gasteiger partial charge in [0.25, 0.3) is 0 Å². The lowest BCUT2D eigenvalue weighted by Crippen LogP contribution is -2.19. The minimum absolute atomic E-state index is 0. The topological polar surface area (TPSA) is 71.1 Å². The Morgan fingerprint density at radius 2 is 0.872 bits per heavy atom. The van der Waals surface area contributed by atoms with Crippen molar-refractivity contribution in [1.82, 2.24) is 0 Å². The van der Waals surface area contributed by atoms with Crippen LogP contribution in [0, 0.1) is 0 Å². The molecule has 0 radical (unpaired) electrons. The zero-order valence-electron chi connectivity index (χ0n) is 19.8. The van der Waals surface area contributed by atoms with E-state index in [0.717, 1.165) is 11.1 Å². The molecule has 0 saturated carbocycles. The monoisotopic (exact) mass is 548 g/mol. The summed E-state index contributed by atoms with van der Waals surface area (Å²) >= 11 is 0. The van der Waals surface area contributed by atoms with E-state index in [9.17, 15) is 9.59 Å². The Morgan fingerprint density at radius 3 is 1.13 bits per heavy atom. The van der Waals surface area contributed by atoms with Crippen molar-refractivity contribution in [3.8, 4) is 11.5 Å². The van der Waals surface area contributed by atoms with Crippen LogP contribution >= 0.6 is 0 Å². The predicted octanol–water partition coefficient (Wildman–Crippen LogP) is 8.83. The van der Waals surface area contributed by atoms with Crippen LogP contribution in [0.4, 0.5) is 0 Å². The first-order valence-electron chi connectivity index (χ1n) is 10.7. The molecule has 39 heavy (non-hydrogen) atoms. The van der Waals surface area contributed by atoms with Crippen molar-refractivity contribution in [1.29, 1.82) is 0 Å². The Hall–Kier alpha value is -3.54. The van der Waals surface area contributed by atoms with E-state index in [-0.39, 0.29) is 76.4 Å². The minimum atomic E-state index is -0.418. The summed E-state index contributed by atoms with van der Waals surface area (Å²) in [7, 11) is 0. The van der Waals surface area contributed by atoms with Gasteiger partial charge in [-0.2, -0.15) is 0 Å². The van der Waals surface area contributed by atoms with Gasteiger partial charge >= 0.3 is 11.9 Å². The van der Waals surface area contributed by atoms with Crippen molar-refractivity contribution in [2.75, 3.05) is 26.4 Å². The van der Waals surface area contributed by atoms with Gasteiger partial charge in [0.15, 0.2) is 0 Å². The Balaban J connectivity index is -0.000000642. The summed E-state index contributed by atoms with van der Waals surface area (Å²) in [5.41, 5.74) is 2.76. The fourth-order valence-corrected chi connectivity index (χ4v) is 2.94. The number of carbonyl (C=O) groups is 2. The van der Waals surface area contributed by atoms with Crippen LogP contribution in [-0.2, 0) is 24.5 Å². The molecule has 0 aliphatic carbocycles. The van der Waals surface area contributed by atoms with Crippen LogP contribution in [0.1, 0.15) is 83.4 Å². The summed E-state index contributed by atoms with van der Waals surface area (Å²) in [6.45, 7) is 15.5. The standard InChI is InChI=1S/C27H32O6.6CH4/c1-19(2)25(28)32-17-15-30-23-11-7-21(8-12-23)27(5,6)22-9-13-24(14-10-22)31-16-18-33-26(29)20(3)4;;;;;;/h7-14H,1,3,15-18H2,2,4-6H3;6*1H4. The van der Waals surface area contributed by atoms with Crippen molar-refractivity contribution in [3.05, 3.63) is 84.0 Å². The molecule has 0 unspecified atom stereocenters. The van der Waals surface area contributed by atoms with Crippen LogP contribution in [0.2, 0.25) is 0 Å². The summed E-state index contributed by atoms with van der Waals surface area (Å²) in [6.07, 6.45) is 0. The summed E-state index contributed by atoms with van der Waals surface area (Å²) in [6, 6.07) is 15.7. The van der Waals surface area contributed by atoms with Gasteiger partial charge in [-0.05, 0) is 49.2 Å². The SMILES string of the molecule is C.C.C.C.C.C.C=C(C)C(=O)OCCOc1ccc(C(C)(C)c2ccc(OCCOC(=O)C(=C)C)cc2)cc1. The number of hydrogen-bond acceptors (Lipinski definition) is 6. The average molecular weight is 549 g/mol. The second-order valence-corrected chi connectivity index (χ2v) is 8.20. The second kappa shape index (κ2) is 21.4. The Morgan fingerprint density at radius 1 is 0.590 bits per heavy atom. The third-order valence-corrected chi connectivity index (χ3v) is 5.02. The summed E-state index contributed by atoms with van der Waals surface area (Å²) < 4.78 is 21.3. The maximum absolute atomic E-state index is 11.4. The quantitative estimate of drug-likeness (QED) is 0.150. The van der Waals surface area contributed by atoms with Crippen molar-refractivity contribution < 1.29 is 28.5 Å². The highest BCUT2D eigenvalue weighted by molar-refractivity contribution is 5.87. The lowest BCUT2D eigenvalue weighted by molar-refractivity contribution is -0.140. The Bertz CT molecular complexity index is 893. The molecule has 2 rings (SSSR count). The van der Waals surface area contributed by atoms with E-state index in [1.165, 1.54) is 0 Å². The molecule has 2 aromatic rings. The van der Waals surface area contributed by atoms with Crippen LogP contribution in [0.3, 0.4) is 0 Å². The van der Waals surface area contributed by atoms with Gasteiger partial charge in [0.2, 0.25) is 0 Å². The van der Waals surface area contributed by atoms with Gasteiger partial charge in [0, 0.05) is 16.6 Å². The molecule has 6 nitrogen and oxygen atoms in total. The molecule has 0 saturated heterocycles. The van der Waals surface area contributed by atoms with E-state index < -0.39 is 11.9 Å². The van der Waals surface area contributed by atoms with Gasteiger partial charge in [-0.1, -0.05) is 95.8 Å². The van der Waals surface area contributed by atoms with Gasteiger partial charge in [-0.25, -0.2) is 9.59 Å². The molecule has 0 aliphatic rings. The first-order chi connectivity index (χ1) is 15.6. The normalized spacial score (nSPS) is 9.13. The number of esters is 2. The first kappa shape index (κ1) is 45.4. The lowest BCUT2D eigenvalue weighted by atomic mass is 9.78. The van der Waals surface area contributed by atoms with Crippen LogP contribution in [0.15, 0.2) is 72.8 Å². The fourth-order valence-electron chi connectivity index (χ4n) is 2.94. The molecular weight excluding hydrogens is 492 g/mol. The molecule has 0 N–H and O–H groups in total. The second-order valence-electron chi connectivity index (χ2n) is 8.20. The lowest BCUT2D eigenvalue weighted by Gasteiger charge is -2.26. The largest absolute Gasteiger partial charge is 0.490 e. The number of hydrogen-bond donors (Lipinski definition) is 0. The van der Waals surface area contributed by atoms with Crippen molar-refractivity contribution in [3.63, 3.8) is 0 Å². The Kier molecular flexibility index (Phi) is 24.9. The minimum Gasteiger partial charge on any atom is -0.490 e. The van der Waals surface area contributed by atoms with Crippen LogP contribution < -0.4 is 9.47 Å².